The van der Waals surface area contributed by atoms with E-state index in [-0.39, 0.29) is 12.2 Å². The van der Waals surface area contributed by atoms with Gasteiger partial charge in [-0.25, -0.2) is 0 Å². The van der Waals surface area contributed by atoms with Gasteiger partial charge in [0.05, 0.1) is 19.3 Å². The number of rotatable bonds is 2. The number of nitrogens with zero attached hydrogens (tertiary/aromatic N) is 1. The molecule has 0 saturated carbocycles. The van der Waals surface area contributed by atoms with Crippen LogP contribution in [0, 0.1) is 0 Å². The molecule has 1 aromatic rings. The zero-order valence-corrected chi connectivity index (χ0v) is 11.9. The molecule has 0 N–H and O–H groups in total. The summed E-state index contributed by atoms with van der Waals surface area (Å²) in [5.74, 6) is 0.852. The molecule has 18 heavy (non-hydrogen) atoms. The van der Waals surface area contributed by atoms with E-state index in [0.29, 0.717) is 0 Å². The van der Waals surface area contributed by atoms with Gasteiger partial charge in [0.25, 0.3) is 0 Å². The Hall–Kier alpha value is -1.13. The van der Waals surface area contributed by atoms with E-state index in [1.807, 2.05) is 24.3 Å². The zero-order valence-electron chi connectivity index (χ0n) is 11.1. The van der Waals surface area contributed by atoms with Crippen molar-refractivity contribution in [2.75, 3.05) is 20.2 Å². The molecule has 2 atom stereocenters. The number of hydrogen-bond donors (Lipinski definition) is 0. The van der Waals surface area contributed by atoms with Crippen LogP contribution in [0.1, 0.15) is 19.4 Å². The minimum Gasteiger partial charge on any atom is -0.497 e. The monoisotopic (exact) mass is 265 g/mol. The van der Waals surface area contributed by atoms with E-state index >= 15 is 0 Å². The second-order valence-corrected chi connectivity index (χ2v) is 5.08. The average molecular weight is 265 g/mol. The third kappa shape index (κ3) is 3.00. The number of thiocarbonyl (C=S) groups is 1. The number of benzene rings is 1. The highest BCUT2D eigenvalue weighted by molar-refractivity contribution is 7.80. The fraction of sp³-hybridized carbons (Fsp3) is 0.500. The SMILES string of the molecule is COc1ccc(C(=S)N2CC(C)OC(C)C2)cc1. The molecule has 98 valence electrons. The molecule has 0 radical (unpaired) electrons. The van der Waals surface area contributed by atoms with Gasteiger partial charge in [-0.15, -0.1) is 0 Å². The summed E-state index contributed by atoms with van der Waals surface area (Å²) >= 11 is 5.56. The fourth-order valence-corrected chi connectivity index (χ4v) is 2.55. The third-order valence-corrected chi connectivity index (χ3v) is 3.54. The molecule has 4 heteroatoms. The Labute approximate surface area is 114 Å². The van der Waals surface area contributed by atoms with Gasteiger partial charge >= 0.3 is 0 Å². The quantitative estimate of drug-likeness (QED) is 0.766. The molecule has 0 aliphatic carbocycles. The maximum absolute atomic E-state index is 5.72. The number of hydrogen-bond acceptors (Lipinski definition) is 3. The summed E-state index contributed by atoms with van der Waals surface area (Å²) in [5, 5.41) is 0. The molecule has 2 rings (SSSR count). The van der Waals surface area contributed by atoms with Crippen molar-refractivity contribution in [3.63, 3.8) is 0 Å². The second kappa shape index (κ2) is 5.67. The Kier molecular flexibility index (Phi) is 4.19. The van der Waals surface area contributed by atoms with E-state index in [9.17, 15) is 0 Å². The van der Waals surface area contributed by atoms with Gasteiger partial charge in [0.15, 0.2) is 0 Å². The first-order chi connectivity index (χ1) is 8.60. The lowest BCUT2D eigenvalue weighted by Crippen LogP contribution is -2.47. The molecule has 3 nitrogen and oxygen atoms in total. The highest BCUT2D eigenvalue weighted by Crippen LogP contribution is 2.17. The summed E-state index contributed by atoms with van der Waals surface area (Å²) < 4.78 is 10.9. The normalized spacial score (nSPS) is 23.8. The van der Waals surface area contributed by atoms with Gasteiger partial charge in [-0.3, -0.25) is 0 Å². The van der Waals surface area contributed by atoms with E-state index in [4.69, 9.17) is 21.7 Å². The van der Waals surface area contributed by atoms with E-state index in [2.05, 4.69) is 18.7 Å². The molecular weight excluding hydrogens is 246 g/mol. The molecule has 1 aliphatic rings. The summed E-state index contributed by atoms with van der Waals surface area (Å²) in [6, 6.07) is 7.89. The van der Waals surface area contributed by atoms with Crippen molar-refractivity contribution in [2.45, 2.75) is 26.1 Å². The molecule has 0 aromatic heterocycles. The molecule has 2 unspecified atom stereocenters. The van der Waals surface area contributed by atoms with Crippen molar-refractivity contribution in [1.29, 1.82) is 0 Å². The Balaban J connectivity index is 2.09. The lowest BCUT2D eigenvalue weighted by molar-refractivity contribution is -0.0472. The van der Waals surface area contributed by atoms with Crippen LogP contribution in [0.5, 0.6) is 5.75 Å². The largest absolute Gasteiger partial charge is 0.497 e. The molecule has 1 fully saturated rings. The van der Waals surface area contributed by atoms with Crippen molar-refractivity contribution in [1.82, 2.24) is 4.90 Å². The molecule has 1 saturated heterocycles. The summed E-state index contributed by atoms with van der Waals surface area (Å²) in [4.78, 5) is 3.11. The van der Waals surface area contributed by atoms with Crippen LogP contribution in [0.4, 0.5) is 0 Å². The Morgan fingerprint density at radius 1 is 1.22 bits per heavy atom. The molecule has 1 aliphatic heterocycles. The van der Waals surface area contributed by atoms with Crippen molar-refractivity contribution >= 4 is 17.2 Å². The lowest BCUT2D eigenvalue weighted by Gasteiger charge is -2.37. The number of morpholine rings is 1. The molecule has 1 heterocycles. The summed E-state index contributed by atoms with van der Waals surface area (Å²) in [6.07, 6.45) is 0.454. The zero-order chi connectivity index (χ0) is 13.1. The highest BCUT2D eigenvalue weighted by Gasteiger charge is 2.24. The number of ether oxygens (including phenoxy) is 2. The van der Waals surface area contributed by atoms with E-state index < -0.39 is 0 Å². The second-order valence-electron chi connectivity index (χ2n) is 4.70. The van der Waals surface area contributed by atoms with Crippen LogP contribution in [-0.2, 0) is 4.74 Å². The highest BCUT2D eigenvalue weighted by atomic mass is 32.1. The van der Waals surface area contributed by atoms with Gasteiger partial charge in [-0.05, 0) is 38.1 Å². The Morgan fingerprint density at radius 3 is 2.28 bits per heavy atom. The van der Waals surface area contributed by atoms with Crippen LogP contribution < -0.4 is 4.74 Å². The predicted molar refractivity (Wildman–Crippen MR) is 76.3 cm³/mol. The van der Waals surface area contributed by atoms with E-state index in [1.54, 1.807) is 7.11 Å². The summed E-state index contributed by atoms with van der Waals surface area (Å²) in [7, 11) is 1.67. The van der Waals surface area contributed by atoms with Gasteiger partial charge in [0.1, 0.15) is 10.7 Å². The maximum atomic E-state index is 5.72. The van der Waals surface area contributed by atoms with Crippen LogP contribution in [0.25, 0.3) is 0 Å². The topological polar surface area (TPSA) is 21.7 Å². The van der Waals surface area contributed by atoms with Gasteiger partial charge in [0, 0.05) is 18.7 Å². The van der Waals surface area contributed by atoms with Gasteiger partial charge in [0.2, 0.25) is 0 Å². The van der Waals surface area contributed by atoms with E-state index in [1.165, 1.54) is 0 Å². The van der Waals surface area contributed by atoms with Crippen molar-refractivity contribution in [3.8, 4) is 5.75 Å². The van der Waals surface area contributed by atoms with Crippen molar-refractivity contribution in [3.05, 3.63) is 29.8 Å². The van der Waals surface area contributed by atoms with Crippen LogP contribution in [0.2, 0.25) is 0 Å². The van der Waals surface area contributed by atoms with Gasteiger partial charge < -0.3 is 14.4 Å². The molecule has 0 amide bonds. The number of methoxy groups -OCH3 is 1. The fourth-order valence-electron chi connectivity index (χ4n) is 2.26. The Morgan fingerprint density at radius 2 is 1.78 bits per heavy atom. The molecule has 1 aromatic carbocycles. The maximum Gasteiger partial charge on any atom is 0.118 e. The summed E-state index contributed by atoms with van der Waals surface area (Å²) in [5.41, 5.74) is 1.06. The van der Waals surface area contributed by atoms with Crippen LogP contribution in [0.15, 0.2) is 24.3 Å². The van der Waals surface area contributed by atoms with Crippen LogP contribution >= 0.6 is 12.2 Å². The van der Waals surface area contributed by atoms with Crippen molar-refractivity contribution < 1.29 is 9.47 Å². The molecular formula is C14H19NO2S. The van der Waals surface area contributed by atoms with Gasteiger partial charge in [-0.1, -0.05) is 12.2 Å². The van der Waals surface area contributed by atoms with Crippen LogP contribution in [0.3, 0.4) is 0 Å². The summed E-state index contributed by atoms with van der Waals surface area (Å²) in [6.45, 7) is 5.88. The first kappa shape index (κ1) is 13.3. The minimum absolute atomic E-state index is 0.227. The van der Waals surface area contributed by atoms with E-state index in [0.717, 1.165) is 29.4 Å². The first-order valence-corrected chi connectivity index (χ1v) is 6.59. The standard InChI is InChI=1S/C14H19NO2S/c1-10-8-15(9-11(2)17-10)14(18)12-4-6-13(16-3)7-5-12/h4-7,10-11H,8-9H2,1-3H3. The van der Waals surface area contributed by atoms with Crippen molar-refractivity contribution in [2.24, 2.45) is 0 Å². The third-order valence-electron chi connectivity index (χ3n) is 3.04. The Bertz CT molecular complexity index is 408. The minimum atomic E-state index is 0.227. The smallest absolute Gasteiger partial charge is 0.118 e. The average Bonchev–Trinajstić information content (AvgIpc) is 2.37. The van der Waals surface area contributed by atoms with Crippen LogP contribution in [-0.4, -0.2) is 42.3 Å². The first-order valence-electron chi connectivity index (χ1n) is 6.19. The molecule has 0 bridgehead atoms. The molecule has 0 spiro atoms. The predicted octanol–water partition coefficient (Wildman–Crippen LogP) is 2.48. The lowest BCUT2D eigenvalue weighted by atomic mass is 10.1. The van der Waals surface area contributed by atoms with Gasteiger partial charge in [-0.2, -0.15) is 0 Å².